The van der Waals surface area contributed by atoms with Gasteiger partial charge < -0.3 is 10.4 Å². The zero-order chi connectivity index (χ0) is 15.6. The standard InChI is InChI=1S/C14H11F2NO3S/c1-7(12-3-2-4-21-12)17-13(18)8-5-10(15)11(16)6-9(8)14(19)20/h2-7H,1H3,(H,17,18)(H,19,20). The van der Waals surface area contributed by atoms with Crippen LogP contribution in [0.4, 0.5) is 8.78 Å². The Morgan fingerprint density at radius 1 is 1.24 bits per heavy atom. The van der Waals surface area contributed by atoms with Crippen LogP contribution >= 0.6 is 11.3 Å². The summed E-state index contributed by atoms with van der Waals surface area (Å²) < 4.78 is 26.3. The molecule has 4 nitrogen and oxygen atoms in total. The van der Waals surface area contributed by atoms with Crippen molar-refractivity contribution in [3.63, 3.8) is 0 Å². The van der Waals surface area contributed by atoms with Gasteiger partial charge in [0.15, 0.2) is 11.6 Å². The highest BCUT2D eigenvalue weighted by Crippen LogP contribution is 2.20. The van der Waals surface area contributed by atoms with Crippen molar-refractivity contribution in [1.29, 1.82) is 0 Å². The van der Waals surface area contributed by atoms with E-state index >= 15 is 0 Å². The van der Waals surface area contributed by atoms with Crippen molar-refractivity contribution in [3.8, 4) is 0 Å². The first-order valence-electron chi connectivity index (χ1n) is 5.96. The van der Waals surface area contributed by atoms with Crippen LogP contribution in [0.25, 0.3) is 0 Å². The summed E-state index contributed by atoms with van der Waals surface area (Å²) in [5.41, 5.74) is -0.991. The van der Waals surface area contributed by atoms with Gasteiger partial charge in [-0.25, -0.2) is 13.6 Å². The zero-order valence-corrected chi connectivity index (χ0v) is 11.7. The van der Waals surface area contributed by atoms with Crippen LogP contribution in [0.2, 0.25) is 0 Å². The van der Waals surface area contributed by atoms with Crippen LogP contribution in [-0.4, -0.2) is 17.0 Å². The fourth-order valence-electron chi connectivity index (χ4n) is 1.79. The molecule has 0 radical (unpaired) electrons. The molecule has 1 amide bonds. The van der Waals surface area contributed by atoms with Gasteiger partial charge in [-0.1, -0.05) is 6.07 Å². The number of aromatic carboxylic acids is 1. The molecule has 0 spiro atoms. The highest BCUT2D eigenvalue weighted by atomic mass is 32.1. The molecule has 2 aromatic rings. The monoisotopic (exact) mass is 311 g/mol. The lowest BCUT2D eigenvalue weighted by Crippen LogP contribution is -2.28. The Balaban J connectivity index is 2.30. The number of carbonyl (C=O) groups excluding carboxylic acids is 1. The van der Waals surface area contributed by atoms with Crippen molar-refractivity contribution in [2.75, 3.05) is 0 Å². The first kappa shape index (κ1) is 15.1. The minimum atomic E-state index is -1.50. The number of carboxylic acid groups (broad SMARTS) is 1. The van der Waals surface area contributed by atoms with E-state index in [4.69, 9.17) is 5.11 Å². The molecule has 21 heavy (non-hydrogen) atoms. The van der Waals surface area contributed by atoms with Crippen LogP contribution < -0.4 is 5.32 Å². The molecule has 1 aromatic carbocycles. The lowest BCUT2D eigenvalue weighted by Gasteiger charge is -2.13. The fraction of sp³-hybridized carbons (Fsp3) is 0.143. The smallest absolute Gasteiger partial charge is 0.336 e. The topological polar surface area (TPSA) is 66.4 Å². The average molecular weight is 311 g/mol. The molecular weight excluding hydrogens is 300 g/mol. The van der Waals surface area contributed by atoms with E-state index < -0.39 is 34.6 Å². The largest absolute Gasteiger partial charge is 0.478 e. The number of nitrogens with one attached hydrogen (secondary N) is 1. The number of carboxylic acids is 1. The summed E-state index contributed by atoms with van der Waals surface area (Å²) in [6, 6.07) is 4.34. The van der Waals surface area contributed by atoms with Gasteiger partial charge in [0.2, 0.25) is 0 Å². The Morgan fingerprint density at radius 2 is 1.86 bits per heavy atom. The summed E-state index contributed by atoms with van der Waals surface area (Å²) in [4.78, 5) is 24.0. The minimum absolute atomic E-state index is 0.368. The zero-order valence-electron chi connectivity index (χ0n) is 10.9. The Morgan fingerprint density at radius 3 is 2.38 bits per heavy atom. The second-order valence-corrected chi connectivity index (χ2v) is 5.31. The molecule has 1 atom stereocenters. The first-order chi connectivity index (χ1) is 9.90. The van der Waals surface area contributed by atoms with Gasteiger partial charge in [-0.05, 0) is 30.5 Å². The van der Waals surface area contributed by atoms with Crippen molar-refractivity contribution >= 4 is 23.2 Å². The maximum atomic E-state index is 13.2. The van der Waals surface area contributed by atoms with E-state index in [9.17, 15) is 18.4 Å². The Hall–Kier alpha value is -2.28. The molecule has 1 aromatic heterocycles. The van der Waals surface area contributed by atoms with Crippen LogP contribution in [0, 0.1) is 11.6 Å². The number of benzene rings is 1. The molecule has 2 N–H and O–H groups in total. The molecule has 0 aliphatic heterocycles. The van der Waals surface area contributed by atoms with E-state index in [1.807, 2.05) is 11.4 Å². The second kappa shape index (κ2) is 6.01. The molecule has 2 rings (SSSR count). The summed E-state index contributed by atoms with van der Waals surface area (Å²) in [6.45, 7) is 1.71. The molecule has 1 heterocycles. The van der Waals surface area contributed by atoms with E-state index in [2.05, 4.69) is 5.32 Å². The molecule has 7 heteroatoms. The predicted octanol–water partition coefficient (Wildman–Crippen LogP) is 3.22. The minimum Gasteiger partial charge on any atom is -0.478 e. The number of hydrogen-bond acceptors (Lipinski definition) is 3. The van der Waals surface area contributed by atoms with Crippen LogP contribution in [0.15, 0.2) is 29.6 Å². The molecule has 110 valence electrons. The highest BCUT2D eigenvalue weighted by molar-refractivity contribution is 7.10. The van der Waals surface area contributed by atoms with E-state index in [0.717, 1.165) is 4.88 Å². The van der Waals surface area contributed by atoms with Crippen LogP contribution in [0.1, 0.15) is 38.6 Å². The molecular formula is C14H11F2NO3S. The predicted molar refractivity (Wildman–Crippen MR) is 73.5 cm³/mol. The van der Waals surface area contributed by atoms with E-state index in [0.29, 0.717) is 12.1 Å². The van der Waals surface area contributed by atoms with Gasteiger partial charge in [0.05, 0.1) is 17.2 Å². The molecule has 0 bridgehead atoms. The maximum absolute atomic E-state index is 13.2. The van der Waals surface area contributed by atoms with Crippen LogP contribution in [0.5, 0.6) is 0 Å². The number of hydrogen-bond donors (Lipinski definition) is 2. The Bertz CT molecular complexity index is 686. The van der Waals surface area contributed by atoms with E-state index in [1.165, 1.54) is 11.3 Å². The number of thiophene rings is 1. The normalized spacial score (nSPS) is 12.0. The second-order valence-electron chi connectivity index (χ2n) is 4.33. The summed E-state index contributed by atoms with van der Waals surface area (Å²) in [5.74, 6) is -4.85. The quantitative estimate of drug-likeness (QED) is 0.911. The van der Waals surface area contributed by atoms with Crippen molar-refractivity contribution in [2.45, 2.75) is 13.0 Å². The lowest BCUT2D eigenvalue weighted by atomic mass is 10.1. The van der Waals surface area contributed by atoms with Gasteiger partial charge in [-0.15, -0.1) is 11.3 Å². The van der Waals surface area contributed by atoms with Gasteiger partial charge >= 0.3 is 5.97 Å². The van der Waals surface area contributed by atoms with E-state index in [1.54, 1.807) is 13.0 Å². The van der Waals surface area contributed by atoms with Gasteiger partial charge in [0.1, 0.15) is 0 Å². The van der Waals surface area contributed by atoms with Crippen LogP contribution in [-0.2, 0) is 0 Å². The SMILES string of the molecule is CC(NC(=O)c1cc(F)c(F)cc1C(=O)O)c1cccs1. The number of carbonyl (C=O) groups is 2. The Labute approximate surface area is 123 Å². The average Bonchev–Trinajstić information content (AvgIpc) is 2.95. The van der Waals surface area contributed by atoms with Crippen molar-refractivity contribution in [1.82, 2.24) is 5.32 Å². The van der Waals surface area contributed by atoms with Gasteiger partial charge in [-0.3, -0.25) is 4.79 Å². The summed E-state index contributed by atoms with van der Waals surface area (Å²) >= 11 is 1.42. The van der Waals surface area contributed by atoms with Crippen molar-refractivity contribution in [2.24, 2.45) is 0 Å². The van der Waals surface area contributed by atoms with Gasteiger partial charge in [-0.2, -0.15) is 0 Å². The molecule has 0 saturated heterocycles. The van der Waals surface area contributed by atoms with E-state index in [-0.39, 0.29) is 6.04 Å². The Kier molecular flexibility index (Phi) is 4.32. The molecule has 0 saturated carbocycles. The van der Waals surface area contributed by atoms with Gasteiger partial charge in [0, 0.05) is 4.88 Å². The third kappa shape index (κ3) is 3.25. The van der Waals surface area contributed by atoms with Crippen LogP contribution in [0.3, 0.4) is 0 Å². The number of halogens is 2. The summed E-state index contributed by atoms with van der Waals surface area (Å²) in [5, 5.41) is 13.4. The third-order valence-corrected chi connectivity index (χ3v) is 3.91. The molecule has 0 aliphatic carbocycles. The molecule has 1 unspecified atom stereocenters. The number of amides is 1. The fourth-order valence-corrected chi connectivity index (χ4v) is 2.53. The van der Waals surface area contributed by atoms with Crippen molar-refractivity contribution < 1.29 is 23.5 Å². The summed E-state index contributed by atoms with van der Waals surface area (Å²) in [6.07, 6.45) is 0. The maximum Gasteiger partial charge on any atom is 0.336 e. The van der Waals surface area contributed by atoms with Gasteiger partial charge in [0.25, 0.3) is 5.91 Å². The number of rotatable bonds is 4. The van der Waals surface area contributed by atoms with Crippen molar-refractivity contribution in [3.05, 3.63) is 57.3 Å². The molecule has 0 aliphatic rings. The first-order valence-corrected chi connectivity index (χ1v) is 6.84. The third-order valence-electron chi connectivity index (χ3n) is 2.85. The lowest BCUT2D eigenvalue weighted by molar-refractivity contribution is 0.0689. The highest BCUT2D eigenvalue weighted by Gasteiger charge is 2.22. The summed E-state index contributed by atoms with van der Waals surface area (Å²) in [7, 11) is 0. The molecule has 0 fully saturated rings.